The molecular weight excluding hydrogens is 298 g/mol. The van der Waals surface area contributed by atoms with Gasteiger partial charge in [0, 0.05) is 31.9 Å². The predicted molar refractivity (Wildman–Crippen MR) is 86.7 cm³/mol. The number of nitrogens with zero attached hydrogens (tertiary/aromatic N) is 2. The highest BCUT2D eigenvalue weighted by Gasteiger charge is 2.30. The van der Waals surface area contributed by atoms with Crippen LogP contribution in [0, 0.1) is 0 Å². The van der Waals surface area contributed by atoms with Crippen LogP contribution in [-0.4, -0.2) is 73.2 Å². The summed E-state index contributed by atoms with van der Waals surface area (Å²) >= 11 is 0. The van der Waals surface area contributed by atoms with Gasteiger partial charge in [0.2, 0.25) is 5.91 Å². The predicted octanol–water partition coefficient (Wildman–Crippen LogP) is 0.724. The molecule has 1 aromatic carbocycles. The normalized spacial score (nSPS) is 17.5. The number of rotatable bonds is 6. The molecule has 0 aromatic heterocycles. The van der Waals surface area contributed by atoms with E-state index >= 15 is 0 Å². The van der Waals surface area contributed by atoms with Gasteiger partial charge in [-0.05, 0) is 31.3 Å². The van der Waals surface area contributed by atoms with Gasteiger partial charge in [0.15, 0.2) is 0 Å². The molecule has 126 valence electrons. The number of nitrogens with one attached hydrogen (secondary N) is 1. The summed E-state index contributed by atoms with van der Waals surface area (Å²) in [6, 6.07) is 6.14. The van der Waals surface area contributed by atoms with Crippen LogP contribution in [0.4, 0.5) is 5.69 Å². The first-order valence-corrected chi connectivity index (χ1v) is 7.59. The SMILES string of the molecule is COc1ccc(NC(=O)CC(C(=O)O)N2CCN(C)CC2)cc1. The van der Waals surface area contributed by atoms with Crippen molar-refractivity contribution in [3.63, 3.8) is 0 Å². The van der Waals surface area contributed by atoms with Gasteiger partial charge in [0.05, 0.1) is 13.5 Å². The Labute approximate surface area is 135 Å². The van der Waals surface area contributed by atoms with Gasteiger partial charge < -0.3 is 20.1 Å². The number of methoxy groups -OCH3 is 1. The molecule has 2 N–H and O–H groups in total. The Morgan fingerprint density at radius 2 is 1.83 bits per heavy atom. The van der Waals surface area contributed by atoms with Crippen LogP contribution in [-0.2, 0) is 9.59 Å². The van der Waals surface area contributed by atoms with Crippen LogP contribution in [0.5, 0.6) is 5.75 Å². The molecule has 23 heavy (non-hydrogen) atoms. The minimum absolute atomic E-state index is 0.0644. The van der Waals surface area contributed by atoms with Crippen molar-refractivity contribution < 1.29 is 19.4 Å². The number of piperazine rings is 1. The second kappa shape index (κ2) is 7.94. The van der Waals surface area contributed by atoms with E-state index in [-0.39, 0.29) is 12.3 Å². The topological polar surface area (TPSA) is 82.1 Å². The Morgan fingerprint density at radius 1 is 1.22 bits per heavy atom. The second-order valence-corrected chi connectivity index (χ2v) is 5.67. The third-order valence-corrected chi connectivity index (χ3v) is 4.02. The fourth-order valence-corrected chi connectivity index (χ4v) is 2.57. The van der Waals surface area contributed by atoms with E-state index in [4.69, 9.17) is 4.74 Å². The molecular formula is C16H23N3O4. The molecule has 1 saturated heterocycles. The number of likely N-dealkylation sites (N-methyl/N-ethyl adjacent to an activating group) is 1. The second-order valence-electron chi connectivity index (χ2n) is 5.67. The fourth-order valence-electron chi connectivity index (χ4n) is 2.57. The summed E-state index contributed by atoms with van der Waals surface area (Å²) in [5.74, 6) is -0.565. The van der Waals surface area contributed by atoms with Gasteiger partial charge in [-0.3, -0.25) is 14.5 Å². The summed E-state index contributed by atoms with van der Waals surface area (Å²) in [7, 11) is 3.57. The van der Waals surface area contributed by atoms with E-state index in [9.17, 15) is 14.7 Å². The number of hydrogen-bond acceptors (Lipinski definition) is 5. The number of benzene rings is 1. The number of ether oxygens (including phenoxy) is 1. The van der Waals surface area contributed by atoms with Crippen molar-refractivity contribution in [2.45, 2.75) is 12.5 Å². The van der Waals surface area contributed by atoms with Crippen LogP contribution >= 0.6 is 0 Å². The van der Waals surface area contributed by atoms with Gasteiger partial charge in [0.25, 0.3) is 0 Å². The van der Waals surface area contributed by atoms with Gasteiger partial charge in [0.1, 0.15) is 11.8 Å². The van der Waals surface area contributed by atoms with Gasteiger partial charge in [-0.25, -0.2) is 0 Å². The Balaban J connectivity index is 1.93. The van der Waals surface area contributed by atoms with Gasteiger partial charge in [-0.15, -0.1) is 0 Å². The highest BCUT2D eigenvalue weighted by molar-refractivity contribution is 5.94. The van der Waals surface area contributed by atoms with E-state index < -0.39 is 12.0 Å². The molecule has 1 heterocycles. The summed E-state index contributed by atoms with van der Waals surface area (Å²) in [6.45, 7) is 2.93. The molecule has 7 heteroatoms. The first-order chi connectivity index (χ1) is 11.0. The molecule has 1 aliphatic heterocycles. The molecule has 2 rings (SSSR count). The van der Waals surface area contributed by atoms with Crippen LogP contribution in [0.1, 0.15) is 6.42 Å². The highest BCUT2D eigenvalue weighted by atomic mass is 16.5. The Bertz CT molecular complexity index is 539. The number of carboxylic acid groups (broad SMARTS) is 1. The molecule has 0 radical (unpaired) electrons. The molecule has 0 saturated carbocycles. The summed E-state index contributed by atoms with van der Waals surface area (Å²) in [6.07, 6.45) is -0.0644. The number of amides is 1. The summed E-state index contributed by atoms with van der Waals surface area (Å²) in [4.78, 5) is 27.6. The number of carboxylic acids is 1. The number of anilines is 1. The van der Waals surface area contributed by atoms with Crippen LogP contribution in [0.15, 0.2) is 24.3 Å². The molecule has 1 aromatic rings. The van der Waals surface area contributed by atoms with E-state index in [2.05, 4.69) is 10.2 Å². The zero-order chi connectivity index (χ0) is 16.8. The molecule has 1 atom stereocenters. The largest absolute Gasteiger partial charge is 0.497 e. The summed E-state index contributed by atoms with van der Waals surface area (Å²) in [5.41, 5.74) is 0.623. The van der Waals surface area contributed by atoms with E-state index in [1.165, 1.54) is 0 Å². The number of carbonyl (C=O) groups is 2. The van der Waals surface area contributed by atoms with E-state index in [0.717, 1.165) is 13.1 Å². The molecule has 0 aliphatic carbocycles. The van der Waals surface area contributed by atoms with Crippen molar-refractivity contribution in [3.05, 3.63) is 24.3 Å². The zero-order valence-corrected chi connectivity index (χ0v) is 13.5. The van der Waals surface area contributed by atoms with Gasteiger partial charge >= 0.3 is 5.97 Å². The quantitative estimate of drug-likeness (QED) is 0.804. The molecule has 1 fully saturated rings. The molecule has 0 bridgehead atoms. The average Bonchev–Trinajstić information content (AvgIpc) is 2.54. The fraction of sp³-hybridized carbons (Fsp3) is 0.500. The molecule has 0 spiro atoms. The number of hydrogen-bond donors (Lipinski definition) is 2. The van der Waals surface area contributed by atoms with Crippen molar-refractivity contribution in [3.8, 4) is 5.75 Å². The molecule has 1 amide bonds. The van der Waals surface area contributed by atoms with Gasteiger partial charge in [-0.1, -0.05) is 0 Å². The monoisotopic (exact) mass is 321 g/mol. The summed E-state index contributed by atoms with van der Waals surface area (Å²) in [5, 5.41) is 12.2. The van der Waals surface area contributed by atoms with Crippen LogP contribution in [0.2, 0.25) is 0 Å². The van der Waals surface area contributed by atoms with E-state index in [1.54, 1.807) is 31.4 Å². The van der Waals surface area contributed by atoms with Crippen LogP contribution in [0.3, 0.4) is 0 Å². The van der Waals surface area contributed by atoms with E-state index in [1.807, 2.05) is 11.9 Å². The third-order valence-electron chi connectivity index (χ3n) is 4.02. The lowest BCUT2D eigenvalue weighted by Gasteiger charge is -2.35. The maximum Gasteiger partial charge on any atom is 0.321 e. The molecule has 1 aliphatic rings. The average molecular weight is 321 g/mol. The minimum atomic E-state index is -0.959. The van der Waals surface area contributed by atoms with Gasteiger partial charge in [-0.2, -0.15) is 0 Å². The van der Waals surface area contributed by atoms with Crippen molar-refractivity contribution in [2.24, 2.45) is 0 Å². The maximum absolute atomic E-state index is 12.1. The molecule has 7 nitrogen and oxygen atoms in total. The smallest absolute Gasteiger partial charge is 0.321 e. The van der Waals surface area contributed by atoms with Crippen molar-refractivity contribution in [2.75, 3.05) is 45.7 Å². The third kappa shape index (κ3) is 4.94. The number of carbonyl (C=O) groups excluding carboxylic acids is 1. The Morgan fingerprint density at radius 3 is 2.35 bits per heavy atom. The first kappa shape index (κ1) is 17.2. The van der Waals surface area contributed by atoms with Crippen molar-refractivity contribution in [1.82, 2.24) is 9.80 Å². The maximum atomic E-state index is 12.1. The van der Waals surface area contributed by atoms with Crippen LogP contribution in [0.25, 0.3) is 0 Å². The first-order valence-electron chi connectivity index (χ1n) is 7.59. The Hall–Kier alpha value is -2.12. The number of aliphatic carboxylic acids is 1. The lowest BCUT2D eigenvalue weighted by Crippen LogP contribution is -2.52. The lowest BCUT2D eigenvalue weighted by atomic mass is 10.1. The Kier molecular flexibility index (Phi) is 5.95. The van der Waals surface area contributed by atoms with Crippen LogP contribution < -0.4 is 10.1 Å². The summed E-state index contributed by atoms with van der Waals surface area (Å²) < 4.78 is 5.06. The van der Waals surface area contributed by atoms with Crippen molar-refractivity contribution in [1.29, 1.82) is 0 Å². The van der Waals surface area contributed by atoms with Crippen molar-refractivity contribution >= 4 is 17.6 Å². The minimum Gasteiger partial charge on any atom is -0.497 e. The lowest BCUT2D eigenvalue weighted by molar-refractivity contribution is -0.145. The highest BCUT2D eigenvalue weighted by Crippen LogP contribution is 2.16. The van der Waals surface area contributed by atoms with E-state index in [0.29, 0.717) is 24.5 Å². The standard InChI is InChI=1S/C16H23N3O4/c1-18-7-9-19(10-8-18)14(16(21)22)11-15(20)17-12-3-5-13(23-2)6-4-12/h3-6,14H,7-11H2,1-2H3,(H,17,20)(H,21,22). The molecule has 1 unspecified atom stereocenters. The zero-order valence-electron chi connectivity index (χ0n) is 13.5.